The molecule has 0 atom stereocenters. The molecule has 1 aromatic rings. The Balaban J connectivity index is 3.30. The van der Waals surface area contributed by atoms with Crippen LogP contribution in [0.15, 0.2) is 15.8 Å². The molecule has 16 heavy (non-hydrogen) atoms. The monoisotopic (exact) mass is 264 g/mol. The summed E-state index contributed by atoms with van der Waals surface area (Å²) in [6.07, 6.45) is 2.23. The average Bonchev–Trinajstić information content (AvgIpc) is 2.24. The lowest BCUT2D eigenvalue weighted by molar-refractivity contribution is 0.610. The van der Waals surface area contributed by atoms with Gasteiger partial charge in [0.25, 0.3) is 5.56 Å². The van der Waals surface area contributed by atoms with Crippen LogP contribution in [0.3, 0.4) is 0 Å². The van der Waals surface area contributed by atoms with Crippen molar-refractivity contribution in [2.75, 3.05) is 5.88 Å². The molecule has 4 nitrogen and oxygen atoms in total. The van der Waals surface area contributed by atoms with E-state index in [1.54, 1.807) is 6.20 Å². The van der Waals surface area contributed by atoms with Crippen molar-refractivity contribution in [3.63, 3.8) is 0 Å². The standard InChI is InChI=1S/C10H14Cl2N2O2/c1-7(2)8-6-13(5-3-4-11)10(16)14(12)9(8)15/h6-7H,3-5H2,1-2H3. The van der Waals surface area contributed by atoms with E-state index in [0.717, 1.165) is 0 Å². The van der Waals surface area contributed by atoms with Gasteiger partial charge in [0.2, 0.25) is 0 Å². The van der Waals surface area contributed by atoms with Gasteiger partial charge < -0.3 is 0 Å². The van der Waals surface area contributed by atoms with Crippen LogP contribution >= 0.6 is 23.4 Å². The lowest BCUT2D eigenvalue weighted by Crippen LogP contribution is -2.37. The molecule has 0 fully saturated rings. The number of rotatable bonds is 4. The zero-order valence-electron chi connectivity index (χ0n) is 9.24. The summed E-state index contributed by atoms with van der Waals surface area (Å²) in [5, 5.41) is 0. The van der Waals surface area contributed by atoms with Gasteiger partial charge in [0.15, 0.2) is 0 Å². The summed E-state index contributed by atoms with van der Waals surface area (Å²) in [5.74, 6) is 0.491. The SMILES string of the molecule is CC(C)c1cn(CCCCl)c(=O)n(Cl)c1=O. The number of hydrogen-bond acceptors (Lipinski definition) is 2. The molecule has 1 aromatic heterocycles. The lowest BCUT2D eigenvalue weighted by atomic mass is 10.1. The molecule has 0 unspecified atom stereocenters. The number of hydrogen-bond donors (Lipinski definition) is 0. The van der Waals surface area contributed by atoms with E-state index in [-0.39, 0.29) is 5.92 Å². The van der Waals surface area contributed by atoms with Crippen LogP contribution in [0.25, 0.3) is 0 Å². The quantitative estimate of drug-likeness (QED) is 0.779. The highest BCUT2D eigenvalue weighted by Gasteiger charge is 2.12. The smallest absolute Gasteiger partial charge is 0.299 e. The van der Waals surface area contributed by atoms with E-state index < -0.39 is 11.2 Å². The lowest BCUT2D eigenvalue weighted by Gasteiger charge is -2.10. The Kier molecular flexibility index (Phi) is 4.62. The summed E-state index contributed by atoms with van der Waals surface area (Å²) < 4.78 is 2.05. The highest BCUT2D eigenvalue weighted by molar-refractivity contribution is 6.17. The first-order valence-corrected chi connectivity index (χ1v) is 5.94. The predicted octanol–water partition coefficient (Wildman–Crippen LogP) is 1.76. The van der Waals surface area contributed by atoms with E-state index >= 15 is 0 Å². The van der Waals surface area contributed by atoms with Crippen LogP contribution < -0.4 is 11.2 Å². The van der Waals surface area contributed by atoms with Crippen molar-refractivity contribution < 1.29 is 0 Å². The summed E-state index contributed by atoms with van der Waals surface area (Å²) in [4.78, 5) is 23.3. The summed E-state index contributed by atoms with van der Waals surface area (Å²) in [5.41, 5.74) is -0.422. The minimum Gasteiger partial charge on any atom is -0.299 e. The fraction of sp³-hybridized carbons (Fsp3) is 0.600. The Morgan fingerprint density at radius 1 is 1.38 bits per heavy atom. The highest BCUT2D eigenvalue weighted by Crippen LogP contribution is 2.07. The number of nitrogens with zero attached hydrogens (tertiary/aromatic N) is 2. The van der Waals surface area contributed by atoms with Crippen molar-refractivity contribution in [3.05, 3.63) is 32.6 Å². The molecular weight excluding hydrogens is 251 g/mol. The van der Waals surface area contributed by atoms with Gasteiger partial charge in [0, 0.05) is 36.0 Å². The van der Waals surface area contributed by atoms with Gasteiger partial charge in [0.1, 0.15) is 0 Å². The van der Waals surface area contributed by atoms with Crippen LogP contribution in [0, 0.1) is 0 Å². The maximum absolute atomic E-state index is 11.6. The van der Waals surface area contributed by atoms with E-state index in [9.17, 15) is 9.59 Å². The Bertz CT molecular complexity index is 477. The third-order valence-corrected chi connectivity index (χ3v) is 2.85. The molecule has 6 heteroatoms. The first-order valence-electron chi connectivity index (χ1n) is 5.07. The van der Waals surface area contributed by atoms with E-state index in [2.05, 4.69) is 0 Å². The van der Waals surface area contributed by atoms with Gasteiger partial charge in [-0.2, -0.15) is 4.09 Å². The van der Waals surface area contributed by atoms with Crippen molar-refractivity contribution in [2.24, 2.45) is 0 Å². The fourth-order valence-electron chi connectivity index (χ4n) is 1.38. The van der Waals surface area contributed by atoms with E-state index in [4.69, 9.17) is 23.4 Å². The van der Waals surface area contributed by atoms with Crippen LogP contribution in [-0.4, -0.2) is 14.5 Å². The van der Waals surface area contributed by atoms with Gasteiger partial charge >= 0.3 is 5.69 Å². The molecule has 0 N–H and O–H groups in total. The third-order valence-electron chi connectivity index (χ3n) is 2.29. The van der Waals surface area contributed by atoms with E-state index in [1.807, 2.05) is 13.8 Å². The molecule has 0 spiro atoms. The predicted molar refractivity (Wildman–Crippen MR) is 65.6 cm³/mol. The second-order valence-corrected chi connectivity index (χ2v) is 4.56. The summed E-state index contributed by atoms with van der Waals surface area (Å²) in [6, 6.07) is 0. The summed E-state index contributed by atoms with van der Waals surface area (Å²) in [7, 11) is 0. The minimum absolute atomic E-state index is 0.0281. The second-order valence-electron chi connectivity index (χ2n) is 3.84. The zero-order valence-corrected chi connectivity index (χ0v) is 10.8. The maximum atomic E-state index is 11.6. The van der Waals surface area contributed by atoms with Crippen molar-refractivity contribution >= 4 is 23.4 Å². The first kappa shape index (κ1) is 13.3. The summed E-state index contributed by atoms with van der Waals surface area (Å²) >= 11 is 11.2. The van der Waals surface area contributed by atoms with Gasteiger partial charge in [-0.05, 0) is 12.3 Å². The van der Waals surface area contributed by atoms with Crippen LogP contribution in [0.4, 0.5) is 0 Å². The Morgan fingerprint density at radius 3 is 2.50 bits per heavy atom. The van der Waals surface area contributed by atoms with Crippen LogP contribution in [-0.2, 0) is 6.54 Å². The molecule has 0 aromatic carbocycles. The largest absolute Gasteiger partial charge is 0.346 e. The summed E-state index contributed by atoms with van der Waals surface area (Å²) in [6.45, 7) is 4.23. The van der Waals surface area contributed by atoms with Gasteiger partial charge in [-0.3, -0.25) is 9.36 Å². The number of aromatic nitrogens is 2. The first-order chi connectivity index (χ1) is 7.49. The molecule has 0 aliphatic rings. The zero-order chi connectivity index (χ0) is 12.3. The van der Waals surface area contributed by atoms with Crippen molar-refractivity contribution in [1.29, 1.82) is 0 Å². The van der Waals surface area contributed by atoms with Gasteiger partial charge in [-0.15, -0.1) is 11.6 Å². The Hall–Kier alpha value is -0.740. The minimum atomic E-state index is -0.513. The Morgan fingerprint density at radius 2 is 2.00 bits per heavy atom. The molecule has 0 saturated carbocycles. The Labute approximate surface area is 104 Å². The molecule has 1 heterocycles. The van der Waals surface area contributed by atoms with Gasteiger partial charge in [-0.1, -0.05) is 13.8 Å². The number of halogens is 2. The average molecular weight is 265 g/mol. The third kappa shape index (κ3) is 2.68. The molecular formula is C10H14Cl2N2O2. The molecule has 0 amide bonds. The van der Waals surface area contributed by atoms with Crippen molar-refractivity contribution in [2.45, 2.75) is 32.7 Å². The van der Waals surface area contributed by atoms with Crippen molar-refractivity contribution in [3.8, 4) is 0 Å². The molecule has 0 saturated heterocycles. The normalized spacial score (nSPS) is 11.1. The maximum Gasteiger partial charge on any atom is 0.346 e. The van der Waals surface area contributed by atoms with E-state index in [0.29, 0.717) is 28.5 Å². The second kappa shape index (κ2) is 5.55. The van der Waals surface area contributed by atoms with Gasteiger partial charge in [0.05, 0.1) is 0 Å². The number of alkyl halides is 1. The van der Waals surface area contributed by atoms with Crippen LogP contribution in [0.5, 0.6) is 0 Å². The number of aryl methyl sites for hydroxylation is 1. The molecule has 90 valence electrons. The van der Waals surface area contributed by atoms with Gasteiger partial charge in [-0.25, -0.2) is 4.79 Å². The topological polar surface area (TPSA) is 44.0 Å². The van der Waals surface area contributed by atoms with Crippen molar-refractivity contribution in [1.82, 2.24) is 8.65 Å². The van der Waals surface area contributed by atoms with Crippen LogP contribution in [0.2, 0.25) is 0 Å². The molecule has 0 radical (unpaired) electrons. The molecule has 1 rings (SSSR count). The van der Waals surface area contributed by atoms with Crippen LogP contribution in [0.1, 0.15) is 31.7 Å². The molecule has 0 aliphatic carbocycles. The highest BCUT2D eigenvalue weighted by atomic mass is 35.5. The fourth-order valence-corrected chi connectivity index (χ4v) is 1.69. The molecule has 0 aliphatic heterocycles. The molecule has 0 bridgehead atoms. The van der Waals surface area contributed by atoms with E-state index in [1.165, 1.54) is 4.57 Å².